The van der Waals surface area contributed by atoms with Gasteiger partial charge in [-0.05, 0) is 67.8 Å². The van der Waals surface area contributed by atoms with Crippen molar-refractivity contribution in [3.63, 3.8) is 0 Å². The Morgan fingerprint density at radius 3 is 2.43 bits per heavy atom. The van der Waals surface area contributed by atoms with Gasteiger partial charge in [-0.3, -0.25) is 4.79 Å². The number of ketones is 1. The van der Waals surface area contributed by atoms with Gasteiger partial charge < -0.3 is 0 Å². The second-order valence-corrected chi connectivity index (χ2v) is 8.67. The van der Waals surface area contributed by atoms with Gasteiger partial charge in [0.15, 0.2) is 5.78 Å². The Morgan fingerprint density at radius 2 is 1.71 bits per heavy atom. The fraction of sp³-hybridized carbons (Fsp3) is 0.850. The maximum Gasteiger partial charge on any atom is 0.159 e. The molecule has 0 aromatic heterocycles. The molecule has 1 spiro atoms. The molecule has 116 valence electrons. The first kappa shape index (κ1) is 14.0. The van der Waals surface area contributed by atoms with Crippen LogP contribution in [0.3, 0.4) is 0 Å². The number of Topliss-reactive ketones (excluding diaryl/α,β-unsaturated/α-hetero) is 1. The molecule has 1 nitrogen and oxygen atoms in total. The van der Waals surface area contributed by atoms with E-state index in [1.807, 2.05) is 0 Å². The highest BCUT2D eigenvalue weighted by Crippen LogP contribution is 2.75. The van der Waals surface area contributed by atoms with Gasteiger partial charge in [-0.2, -0.15) is 0 Å². The molecule has 0 aromatic rings. The first-order valence-electron chi connectivity index (χ1n) is 9.25. The van der Waals surface area contributed by atoms with Gasteiger partial charge in [-0.15, -0.1) is 0 Å². The van der Waals surface area contributed by atoms with Gasteiger partial charge in [-0.25, -0.2) is 0 Å². The summed E-state index contributed by atoms with van der Waals surface area (Å²) in [7, 11) is 0. The molecule has 4 unspecified atom stereocenters. The average Bonchev–Trinajstić information content (AvgIpc) is 2.82. The summed E-state index contributed by atoms with van der Waals surface area (Å²) in [5.41, 5.74) is 3.43. The molecule has 3 fully saturated rings. The molecule has 2 bridgehead atoms. The summed E-state index contributed by atoms with van der Waals surface area (Å²) >= 11 is 0. The minimum absolute atomic E-state index is 0.249. The van der Waals surface area contributed by atoms with E-state index >= 15 is 0 Å². The van der Waals surface area contributed by atoms with E-state index in [9.17, 15) is 4.79 Å². The second kappa shape index (κ2) is 4.46. The van der Waals surface area contributed by atoms with Crippen molar-refractivity contribution in [2.24, 2.45) is 28.6 Å². The summed E-state index contributed by atoms with van der Waals surface area (Å²) in [6.07, 6.45) is 11.9. The van der Waals surface area contributed by atoms with E-state index in [1.54, 1.807) is 5.57 Å². The molecule has 4 rings (SSSR count). The number of hydrogen-bond donors (Lipinski definition) is 0. The van der Waals surface area contributed by atoms with Crippen molar-refractivity contribution in [1.29, 1.82) is 0 Å². The lowest BCUT2D eigenvalue weighted by atomic mass is 9.46. The lowest BCUT2D eigenvalue weighted by Gasteiger charge is -2.57. The Balaban J connectivity index is 1.86. The summed E-state index contributed by atoms with van der Waals surface area (Å²) in [5.74, 6) is 2.91. The number of fused-ring (bicyclic) bond motifs is 1. The first-order valence-corrected chi connectivity index (χ1v) is 9.25. The monoisotopic (exact) mass is 286 g/mol. The maximum atomic E-state index is 12.5. The smallest absolute Gasteiger partial charge is 0.159 e. The summed E-state index contributed by atoms with van der Waals surface area (Å²) < 4.78 is 0. The van der Waals surface area contributed by atoms with E-state index in [0.29, 0.717) is 17.1 Å². The third kappa shape index (κ3) is 1.51. The van der Waals surface area contributed by atoms with Crippen LogP contribution < -0.4 is 0 Å². The molecular weight excluding hydrogens is 256 g/mol. The van der Waals surface area contributed by atoms with E-state index in [-0.39, 0.29) is 5.41 Å². The van der Waals surface area contributed by atoms with E-state index in [2.05, 4.69) is 20.8 Å². The van der Waals surface area contributed by atoms with Crippen LogP contribution in [0.5, 0.6) is 0 Å². The number of allylic oxidation sites excluding steroid dienone is 2. The van der Waals surface area contributed by atoms with Crippen molar-refractivity contribution in [3.8, 4) is 0 Å². The van der Waals surface area contributed by atoms with Gasteiger partial charge in [0.1, 0.15) is 0 Å². The van der Waals surface area contributed by atoms with Crippen molar-refractivity contribution in [2.45, 2.75) is 78.6 Å². The van der Waals surface area contributed by atoms with Crippen molar-refractivity contribution in [1.82, 2.24) is 0 Å². The third-order valence-corrected chi connectivity index (χ3v) is 8.35. The van der Waals surface area contributed by atoms with Gasteiger partial charge >= 0.3 is 0 Å². The largest absolute Gasteiger partial charge is 0.295 e. The van der Waals surface area contributed by atoms with E-state index in [4.69, 9.17) is 0 Å². The summed E-state index contributed by atoms with van der Waals surface area (Å²) in [6.45, 7) is 7.18. The number of hydrogen-bond acceptors (Lipinski definition) is 1. The van der Waals surface area contributed by atoms with E-state index < -0.39 is 0 Å². The molecule has 0 saturated heterocycles. The van der Waals surface area contributed by atoms with Gasteiger partial charge in [0.2, 0.25) is 0 Å². The minimum atomic E-state index is 0.249. The lowest BCUT2D eigenvalue weighted by Crippen LogP contribution is -2.51. The summed E-state index contributed by atoms with van der Waals surface area (Å²) in [6, 6.07) is 0. The molecule has 0 amide bonds. The number of carbonyl (C=O) groups excluding carboxylic acids is 1. The molecule has 0 aromatic carbocycles. The van der Waals surface area contributed by atoms with Gasteiger partial charge in [0.05, 0.1) is 0 Å². The predicted molar refractivity (Wildman–Crippen MR) is 85.9 cm³/mol. The maximum absolute atomic E-state index is 12.5. The average molecular weight is 286 g/mol. The molecule has 0 heterocycles. The molecule has 4 atom stereocenters. The quantitative estimate of drug-likeness (QED) is 0.639. The zero-order valence-corrected chi connectivity index (χ0v) is 14.0. The van der Waals surface area contributed by atoms with Crippen LogP contribution in [-0.4, -0.2) is 5.78 Å². The van der Waals surface area contributed by atoms with Crippen molar-refractivity contribution in [2.75, 3.05) is 0 Å². The Bertz CT molecular complexity index is 510. The zero-order valence-electron chi connectivity index (χ0n) is 14.0. The normalized spacial score (nSPS) is 47.1. The van der Waals surface area contributed by atoms with Crippen LogP contribution in [0.25, 0.3) is 0 Å². The first-order chi connectivity index (χ1) is 10.0. The highest BCUT2D eigenvalue weighted by molar-refractivity contribution is 6.00. The van der Waals surface area contributed by atoms with Crippen LogP contribution in [0.15, 0.2) is 11.1 Å². The fourth-order valence-corrected chi connectivity index (χ4v) is 7.17. The molecular formula is C20H30O. The molecule has 4 aliphatic rings. The van der Waals surface area contributed by atoms with Crippen LogP contribution in [0.4, 0.5) is 0 Å². The molecule has 4 aliphatic carbocycles. The van der Waals surface area contributed by atoms with Crippen LogP contribution >= 0.6 is 0 Å². The van der Waals surface area contributed by atoms with Crippen molar-refractivity contribution < 1.29 is 4.79 Å². The standard InChI is InChI=1S/C20H30O/c1-13-9-10-16-11-17-14(2)18(21)12-20(13,17)19(16,3)15-7-5-4-6-8-15/h13,15-16H,4-12H2,1-3H3. The van der Waals surface area contributed by atoms with Crippen molar-refractivity contribution >= 4 is 5.78 Å². The second-order valence-electron chi connectivity index (χ2n) is 8.67. The Labute approximate surface area is 129 Å². The van der Waals surface area contributed by atoms with Crippen LogP contribution in [0, 0.1) is 28.6 Å². The fourth-order valence-electron chi connectivity index (χ4n) is 7.17. The number of carbonyl (C=O) groups is 1. The minimum Gasteiger partial charge on any atom is -0.295 e. The molecule has 21 heavy (non-hydrogen) atoms. The molecule has 3 saturated carbocycles. The van der Waals surface area contributed by atoms with Gasteiger partial charge in [0, 0.05) is 11.8 Å². The summed E-state index contributed by atoms with van der Waals surface area (Å²) in [4.78, 5) is 12.5. The highest BCUT2D eigenvalue weighted by atomic mass is 16.1. The Morgan fingerprint density at radius 1 is 1.00 bits per heavy atom. The van der Waals surface area contributed by atoms with Crippen LogP contribution in [0.2, 0.25) is 0 Å². The Kier molecular flexibility index (Phi) is 2.98. The number of rotatable bonds is 1. The molecule has 0 aliphatic heterocycles. The lowest BCUT2D eigenvalue weighted by molar-refractivity contribution is -0.124. The summed E-state index contributed by atoms with van der Waals surface area (Å²) in [5, 5.41) is 0. The molecule has 0 N–H and O–H groups in total. The van der Waals surface area contributed by atoms with E-state index in [0.717, 1.165) is 23.8 Å². The molecule has 0 radical (unpaired) electrons. The van der Waals surface area contributed by atoms with E-state index in [1.165, 1.54) is 51.4 Å². The topological polar surface area (TPSA) is 17.1 Å². The van der Waals surface area contributed by atoms with Gasteiger partial charge in [0.25, 0.3) is 0 Å². The highest BCUT2D eigenvalue weighted by Gasteiger charge is 2.68. The van der Waals surface area contributed by atoms with Crippen molar-refractivity contribution in [3.05, 3.63) is 11.1 Å². The molecule has 1 heteroatoms. The third-order valence-electron chi connectivity index (χ3n) is 8.35. The van der Waals surface area contributed by atoms with Crippen LogP contribution in [0.1, 0.15) is 78.6 Å². The zero-order chi connectivity index (χ0) is 14.8. The SMILES string of the molecule is CC1=C2CC3CCC(C)C2(CC1=O)C3(C)C1CCCCC1. The predicted octanol–water partition coefficient (Wildman–Crippen LogP) is 5.30. The van der Waals surface area contributed by atoms with Gasteiger partial charge in [-0.1, -0.05) is 38.7 Å². The van der Waals surface area contributed by atoms with Crippen LogP contribution in [-0.2, 0) is 4.79 Å². The Hall–Kier alpha value is -0.590.